The van der Waals surface area contributed by atoms with Gasteiger partial charge in [-0.05, 0) is 19.4 Å². The second-order valence-electron chi connectivity index (χ2n) is 3.60. The number of amides is 1. The Hall–Kier alpha value is -1.78. The van der Waals surface area contributed by atoms with Crippen molar-refractivity contribution in [3.05, 3.63) is 23.7 Å². The van der Waals surface area contributed by atoms with E-state index < -0.39 is 17.9 Å². The quantitative estimate of drug-likeness (QED) is 0.797. The Morgan fingerprint density at radius 3 is 2.69 bits per heavy atom. The Balaban J connectivity index is 2.65. The summed E-state index contributed by atoms with van der Waals surface area (Å²) in [5, 5.41) is 11.3. The molecule has 0 spiro atoms. The number of carboxylic acid groups (broad SMARTS) is 1. The molecule has 16 heavy (non-hydrogen) atoms. The number of aryl methyl sites for hydroxylation is 1. The van der Waals surface area contributed by atoms with Crippen LogP contribution in [-0.4, -0.2) is 23.0 Å². The molecule has 1 aromatic heterocycles. The topological polar surface area (TPSA) is 79.5 Å². The first kappa shape index (κ1) is 12.3. The van der Waals surface area contributed by atoms with Crippen LogP contribution in [0.1, 0.15) is 35.9 Å². The fourth-order valence-corrected chi connectivity index (χ4v) is 1.35. The second-order valence-corrected chi connectivity index (χ2v) is 3.60. The van der Waals surface area contributed by atoms with Crippen molar-refractivity contribution in [2.45, 2.75) is 32.7 Å². The van der Waals surface area contributed by atoms with E-state index in [1.165, 1.54) is 6.26 Å². The van der Waals surface area contributed by atoms with Crippen LogP contribution in [0, 0.1) is 6.92 Å². The van der Waals surface area contributed by atoms with Crippen molar-refractivity contribution in [1.29, 1.82) is 0 Å². The molecule has 0 fully saturated rings. The van der Waals surface area contributed by atoms with Crippen LogP contribution in [0.3, 0.4) is 0 Å². The highest BCUT2D eigenvalue weighted by Gasteiger charge is 2.20. The molecule has 0 aliphatic carbocycles. The number of rotatable bonds is 5. The minimum atomic E-state index is -1.02. The molecule has 0 aliphatic rings. The summed E-state index contributed by atoms with van der Waals surface area (Å²) in [7, 11) is 0. The Bertz CT molecular complexity index is 383. The lowest BCUT2D eigenvalue weighted by molar-refractivity contribution is -0.139. The molecule has 2 N–H and O–H groups in total. The van der Waals surface area contributed by atoms with E-state index in [-0.39, 0.29) is 0 Å². The lowest BCUT2D eigenvalue weighted by Crippen LogP contribution is -2.40. The normalized spacial score (nSPS) is 12.1. The van der Waals surface area contributed by atoms with Crippen molar-refractivity contribution in [3.8, 4) is 0 Å². The number of carbonyl (C=O) groups is 2. The van der Waals surface area contributed by atoms with Crippen LogP contribution in [-0.2, 0) is 4.79 Å². The summed E-state index contributed by atoms with van der Waals surface area (Å²) in [6, 6.07) is 0.730. The Morgan fingerprint density at radius 2 is 2.25 bits per heavy atom. The number of furan rings is 1. The predicted octanol–water partition coefficient (Wildman–Crippen LogP) is 1.57. The van der Waals surface area contributed by atoms with E-state index in [1.54, 1.807) is 13.0 Å². The fraction of sp³-hybridized carbons (Fsp3) is 0.455. The van der Waals surface area contributed by atoms with Crippen molar-refractivity contribution in [2.24, 2.45) is 0 Å². The van der Waals surface area contributed by atoms with Crippen LogP contribution >= 0.6 is 0 Å². The van der Waals surface area contributed by atoms with Gasteiger partial charge >= 0.3 is 5.97 Å². The molecule has 1 amide bonds. The number of hydrogen-bond donors (Lipinski definition) is 2. The molecule has 1 aromatic rings. The zero-order valence-corrected chi connectivity index (χ0v) is 9.32. The third-order valence-electron chi connectivity index (χ3n) is 2.17. The van der Waals surface area contributed by atoms with Gasteiger partial charge in [0, 0.05) is 0 Å². The van der Waals surface area contributed by atoms with Crippen LogP contribution in [0.5, 0.6) is 0 Å². The second kappa shape index (κ2) is 5.34. The largest absolute Gasteiger partial charge is 0.480 e. The molecule has 0 aliphatic heterocycles. The van der Waals surface area contributed by atoms with E-state index in [1.807, 2.05) is 6.92 Å². The van der Waals surface area contributed by atoms with E-state index in [0.717, 1.165) is 0 Å². The molecule has 0 radical (unpaired) electrons. The van der Waals surface area contributed by atoms with Crippen LogP contribution < -0.4 is 5.32 Å². The van der Waals surface area contributed by atoms with Crippen molar-refractivity contribution >= 4 is 11.9 Å². The molecule has 5 heteroatoms. The van der Waals surface area contributed by atoms with Gasteiger partial charge in [0.15, 0.2) is 0 Å². The van der Waals surface area contributed by atoms with Crippen LogP contribution in [0.25, 0.3) is 0 Å². The molecule has 5 nitrogen and oxygen atoms in total. The summed E-state index contributed by atoms with van der Waals surface area (Å²) in [6.45, 7) is 3.58. The zero-order chi connectivity index (χ0) is 12.1. The number of carboxylic acids is 1. The van der Waals surface area contributed by atoms with Gasteiger partial charge in [-0.25, -0.2) is 4.79 Å². The van der Waals surface area contributed by atoms with Gasteiger partial charge in [-0.1, -0.05) is 13.3 Å². The third kappa shape index (κ3) is 3.12. The SMILES string of the molecule is CCCC(NC(=O)c1coc(C)c1)C(=O)O. The van der Waals surface area contributed by atoms with Crippen molar-refractivity contribution in [3.63, 3.8) is 0 Å². The first-order valence-electron chi connectivity index (χ1n) is 5.13. The van der Waals surface area contributed by atoms with Gasteiger partial charge in [-0.2, -0.15) is 0 Å². The molecule has 0 saturated heterocycles. The highest BCUT2D eigenvalue weighted by Crippen LogP contribution is 2.07. The number of nitrogens with one attached hydrogen (secondary N) is 1. The van der Waals surface area contributed by atoms with Crippen molar-refractivity contribution in [1.82, 2.24) is 5.32 Å². The molecule has 0 bridgehead atoms. The Labute approximate surface area is 93.4 Å². The van der Waals surface area contributed by atoms with Gasteiger partial charge in [0.25, 0.3) is 5.91 Å². The number of hydrogen-bond acceptors (Lipinski definition) is 3. The first-order valence-corrected chi connectivity index (χ1v) is 5.13. The standard InChI is InChI=1S/C11H15NO4/c1-3-4-9(11(14)15)12-10(13)8-5-7(2)16-6-8/h5-6,9H,3-4H2,1-2H3,(H,12,13)(H,14,15). The average molecular weight is 225 g/mol. The zero-order valence-electron chi connectivity index (χ0n) is 9.32. The molecule has 1 unspecified atom stereocenters. The average Bonchev–Trinajstić information content (AvgIpc) is 2.64. The monoisotopic (exact) mass is 225 g/mol. The van der Waals surface area contributed by atoms with Crippen molar-refractivity contribution < 1.29 is 19.1 Å². The van der Waals surface area contributed by atoms with E-state index in [0.29, 0.717) is 24.2 Å². The number of carbonyl (C=O) groups excluding carboxylic acids is 1. The van der Waals surface area contributed by atoms with Gasteiger partial charge in [-0.3, -0.25) is 4.79 Å². The van der Waals surface area contributed by atoms with Crippen molar-refractivity contribution in [2.75, 3.05) is 0 Å². The molecule has 1 rings (SSSR count). The number of aliphatic carboxylic acids is 1. The summed E-state index contributed by atoms with van der Waals surface area (Å²) in [6.07, 6.45) is 2.43. The van der Waals surface area contributed by atoms with Crippen LogP contribution in [0.4, 0.5) is 0 Å². The maximum Gasteiger partial charge on any atom is 0.326 e. The van der Waals surface area contributed by atoms with E-state index in [2.05, 4.69) is 5.32 Å². The fourth-order valence-electron chi connectivity index (χ4n) is 1.35. The van der Waals surface area contributed by atoms with Crippen LogP contribution in [0.2, 0.25) is 0 Å². The first-order chi connectivity index (χ1) is 7.54. The molecular weight excluding hydrogens is 210 g/mol. The van der Waals surface area contributed by atoms with E-state index >= 15 is 0 Å². The molecular formula is C11H15NO4. The molecule has 0 aromatic carbocycles. The van der Waals surface area contributed by atoms with Gasteiger partial charge in [0.2, 0.25) is 0 Å². The minimum absolute atomic E-state index is 0.347. The highest BCUT2D eigenvalue weighted by atomic mass is 16.4. The molecule has 88 valence electrons. The van der Waals surface area contributed by atoms with E-state index in [9.17, 15) is 9.59 Å². The molecule has 0 saturated carbocycles. The molecule has 1 atom stereocenters. The summed E-state index contributed by atoms with van der Waals surface area (Å²) >= 11 is 0. The molecule has 1 heterocycles. The van der Waals surface area contributed by atoms with Gasteiger partial charge in [-0.15, -0.1) is 0 Å². The predicted molar refractivity (Wildman–Crippen MR) is 57.2 cm³/mol. The Morgan fingerprint density at radius 1 is 1.56 bits per heavy atom. The van der Waals surface area contributed by atoms with Crippen LogP contribution in [0.15, 0.2) is 16.7 Å². The summed E-state index contributed by atoms with van der Waals surface area (Å²) in [5.74, 6) is -0.819. The van der Waals surface area contributed by atoms with Gasteiger partial charge in [0.05, 0.1) is 5.56 Å². The third-order valence-corrected chi connectivity index (χ3v) is 2.17. The highest BCUT2D eigenvalue weighted by molar-refractivity contribution is 5.96. The van der Waals surface area contributed by atoms with Gasteiger partial charge in [0.1, 0.15) is 18.1 Å². The lowest BCUT2D eigenvalue weighted by Gasteiger charge is -2.12. The summed E-state index contributed by atoms with van der Waals surface area (Å²) < 4.78 is 4.98. The lowest BCUT2D eigenvalue weighted by atomic mass is 10.1. The summed E-state index contributed by atoms with van der Waals surface area (Å²) in [4.78, 5) is 22.4. The van der Waals surface area contributed by atoms with E-state index in [4.69, 9.17) is 9.52 Å². The maximum absolute atomic E-state index is 11.6. The maximum atomic E-state index is 11.6. The smallest absolute Gasteiger partial charge is 0.326 e. The minimum Gasteiger partial charge on any atom is -0.480 e. The Kier molecular flexibility index (Phi) is 4.10. The summed E-state index contributed by atoms with van der Waals surface area (Å²) in [5.41, 5.74) is 0.347. The van der Waals surface area contributed by atoms with Gasteiger partial charge < -0.3 is 14.8 Å².